The highest BCUT2D eigenvalue weighted by molar-refractivity contribution is 14.1. The third kappa shape index (κ3) is 1.93. The molecule has 5 heteroatoms. The van der Waals surface area contributed by atoms with Crippen molar-refractivity contribution in [3.63, 3.8) is 0 Å². The molecular formula is C11H9IN3O+. The van der Waals surface area contributed by atoms with Gasteiger partial charge in [-0.25, -0.2) is 9.36 Å². The molecule has 0 bridgehead atoms. The zero-order valence-corrected chi connectivity index (χ0v) is 10.6. The lowest BCUT2D eigenvalue weighted by Gasteiger charge is -2.01. The van der Waals surface area contributed by atoms with Crippen LogP contribution in [0.2, 0.25) is 0 Å². The van der Waals surface area contributed by atoms with Crippen molar-refractivity contribution >= 4 is 28.2 Å². The second-order valence-electron chi connectivity index (χ2n) is 3.31. The normalized spacial score (nSPS) is 10.2. The molecule has 0 fully saturated rings. The summed E-state index contributed by atoms with van der Waals surface area (Å²) < 4.78 is 4.17. The Morgan fingerprint density at radius 2 is 2.31 bits per heavy atom. The quantitative estimate of drug-likeness (QED) is 0.613. The summed E-state index contributed by atoms with van der Waals surface area (Å²) in [5, 5.41) is 8.59. The standard InChI is InChI=1S/C11H9IN3O/c12-9-8-14(6-3-5-13)10-4-1-2-7-15(10)11(9)16/h1-2,4,7-8H,3,6H2/q+1. The second-order valence-corrected chi connectivity index (χ2v) is 4.47. The first-order chi connectivity index (χ1) is 7.74. The molecule has 0 unspecified atom stereocenters. The Kier molecular flexibility index (Phi) is 3.19. The Balaban J connectivity index is 2.71. The minimum atomic E-state index is -0.0237. The van der Waals surface area contributed by atoms with Gasteiger partial charge in [-0.3, -0.25) is 0 Å². The first kappa shape index (κ1) is 11.1. The van der Waals surface area contributed by atoms with E-state index in [9.17, 15) is 4.79 Å². The Morgan fingerprint density at radius 1 is 1.50 bits per heavy atom. The number of fused-ring (bicyclic) bond motifs is 1. The lowest BCUT2D eigenvalue weighted by atomic mass is 10.4. The Bertz CT molecular complexity index is 627. The van der Waals surface area contributed by atoms with Crippen LogP contribution < -0.4 is 10.1 Å². The lowest BCUT2D eigenvalue weighted by molar-refractivity contribution is -0.674. The van der Waals surface area contributed by atoms with Gasteiger partial charge in [0, 0.05) is 6.07 Å². The summed E-state index contributed by atoms with van der Waals surface area (Å²) in [6, 6.07) is 7.67. The van der Waals surface area contributed by atoms with Crippen LogP contribution in [-0.2, 0) is 6.54 Å². The molecule has 4 nitrogen and oxygen atoms in total. The molecule has 2 aromatic rings. The number of nitriles is 1. The number of hydrogen-bond acceptors (Lipinski definition) is 2. The number of halogens is 1. The van der Waals surface area contributed by atoms with E-state index in [1.807, 2.05) is 45.4 Å². The SMILES string of the molecule is N#CCC[n+]1cc(I)c(=O)n2ccccc21. The van der Waals surface area contributed by atoms with Gasteiger partial charge in [-0.2, -0.15) is 9.66 Å². The molecule has 0 aliphatic carbocycles. The van der Waals surface area contributed by atoms with Crippen LogP contribution in [0.1, 0.15) is 6.42 Å². The van der Waals surface area contributed by atoms with Crippen molar-refractivity contribution in [2.75, 3.05) is 0 Å². The fourth-order valence-corrected chi connectivity index (χ4v) is 2.16. The summed E-state index contributed by atoms with van der Waals surface area (Å²) in [4.78, 5) is 11.8. The van der Waals surface area contributed by atoms with Crippen molar-refractivity contribution < 1.29 is 4.57 Å². The largest absolute Gasteiger partial charge is 0.355 e. The molecule has 0 radical (unpaired) electrons. The van der Waals surface area contributed by atoms with Gasteiger partial charge in [0.05, 0.1) is 18.7 Å². The van der Waals surface area contributed by atoms with Gasteiger partial charge in [0.1, 0.15) is 16.3 Å². The number of hydrogen-bond donors (Lipinski definition) is 0. The predicted octanol–water partition coefficient (Wildman–Crippen LogP) is 1.11. The molecule has 0 aliphatic rings. The molecule has 80 valence electrons. The van der Waals surface area contributed by atoms with E-state index in [4.69, 9.17) is 5.26 Å². The zero-order valence-electron chi connectivity index (χ0n) is 8.43. The van der Waals surface area contributed by atoms with Gasteiger partial charge in [-0.15, -0.1) is 0 Å². The molecule has 0 aliphatic heterocycles. The average molecular weight is 326 g/mol. The van der Waals surface area contributed by atoms with Crippen molar-refractivity contribution in [1.82, 2.24) is 4.40 Å². The number of nitrogens with zero attached hydrogens (tertiary/aromatic N) is 3. The van der Waals surface area contributed by atoms with Crippen LogP contribution in [0.5, 0.6) is 0 Å². The molecule has 2 rings (SSSR count). The van der Waals surface area contributed by atoms with Crippen LogP contribution in [0, 0.1) is 14.9 Å². The van der Waals surface area contributed by atoms with E-state index < -0.39 is 0 Å². The third-order valence-electron chi connectivity index (χ3n) is 2.29. The summed E-state index contributed by atoms with van der Waals surface area (Å²) in [6.45, 7) is 0.598. The molecule has 0 saturated carbocycles. The van der Waals surface area contributed by atoms with Crippen LogP contribution >= 0.6 is 22.6 Å². The zero-order chi connectivity index (χ0) is 11.5. The van der Waals surface area contributed by atoms with Gasteiger partial charge in [0.15, 0.2) is 0 Å². The highest BCUT2D eigenvalue weighted by Gasteiger charge is 2.12. The van der Waals surface area contributed by atoms with E-state index in [-0.39, 0.29) is 5.56 Å². The topological polar surface area (TPSA) is 49.1 Å². The van der Waals surface area contributed by atoms with Crippen LogP contribution in [0.3, 0.4) is 0 Å². The first-order valence-electron chi connectivity index (χ1n) is 4.80. The maximum Gasteiger partial charge on any atom is 0.355 e. The summed E-state index contributed by atoms with van der Waals surface area (Å²) in [5.41, 5.74) is 0.785. The van der Waals surface area contributed by atoms with E-state index in [1.54, 1.807) is 16.8 Å². The van der Waals surface area contributed by atoms with Crippen molar-refractivity contribution in [2.45, 2.75) is 13.0 Å². The summed E-state index contributed by atoms with van der Waals surface area (Å²) >= 11 is 2.01. The van der Waals surface area contributed by atoms with E-state index in [2.05, 4.69) is 6.07 Å². The monoisotopic (exact) mass is 326 g/mol. The molecule has 2 aromatic heterocycles. The molecule has 0 aromatic carbocycles. The number of aromatic nitrogens is 2. The van der Waals surface area contributed by atoms with E-state index >= 15 is 0 Å². The second kappa shape index (κ2) is 4.61. The lowest BCUT2D eigenvalue weighted by Crippen LogP contribution is -2.40. The molecule has 0 amide bonds. The van der Waals surface area contributed by atoms with E-state index in [0.29, 0.717) is 16.5 Å². The average Bonchev–Trinajstić information content (AvgIpc) is 2.32. The Morgan fingerprint density at radius 3 is 3.06 bits per heavy atom. The smallest absolute Gasteiger partial charge is 0.240 e. The fourth-order valence-electron chi connectivity index (χ4n) is 1.56. The summed E-state index contributed by atoms with van der Waals surface area (Å²) in [6.07, 6.45) is 3.96. The molecule has 0 saturated heterocycles. The van der Waals surface area contributed by atoms with Crippen LogP contribution in [0.4, 0.5) is 0 Å². The van der Waals surface area contributed by atoms with Crippen molar-refractivity contribution in [2.24, 2.45) is 0 Å². The number of pyridine rings is 1. The van der Waals surface area contributed by atoms with E-state index in [1.165, 1.54) is 0 Å². The molecule has 0 spiro atoms. The minimum absolute atomic E-state index is 0.0237. The van der Waals surface area contributed by atoms with Gasteiger partial charge in [-0.05, 0) is 28.7 Å². The maximum absolute atomic E-state index is 11.8. The van der Waals surface area contributed by atoms with Crippen molar-refractivity contribution in [1.29, 1.82) is 5.26 Å². The maximum atomic E-state index is 11.8. The van der Waals surface area contributed by atoms with Gasteiger partial charge < -0.3 is 0 Å². The van der Waals surface area contributed by atoms with Crippen molar-refractivity contribution in [3.05, 3.63) is 44.5 Å². The predicted molar refractivity (Wildman–Crippen MR) is 66.8 cm³/mol. The van der Waals surface area contributed by atoms with Gasteiger partial charge in [0.2, 0.25) is 0 Å². The summed E-state index contributed by atoms with van der Waals surface area (Å²) in [5.74, 6) is 0. The molecule has 16 heavy (non-hydrogen) atoms. The van der Waals surface area contributed by atoms with Gasteiger partial charge in [-0.1, -0.05) is 6.07 Å². The fraction of sp³-hybridized carbons (Fsp3) is 0.182. The van der Waals surface area contributed by atoms with Gasteiger partial charge in [0.25, 0.3) is 5.65 Å². The summed E-state index contributed by atoms with van der Waals surface area (Å²) in [7, 11) is 0. The van der Waals surface area contributed by atoms with Gasteiger partial charge >= 0.3 is 5.56 Å². The number of aryl methyl sites for hydroxylation is 1. The molecule has 0 atom stereocenters. The molecule has 0 N–H and O–H groups in total. The highest BCUT2D eigenvalue weighted by Crippen LogP contribution is 1.99. The highest BCUT2D eigenvalue weighted by atomic mass is 127. The van der Waals surface area contributed by atoms with Crippen LogP contribution in [-0.4, -0.2) is 4.40 Å². The minimum Gasteiger partial charge on any atom is -0.240 e. The molecule has 2 heterocycles. The Hall–Kier alpha value is -1.42. The van der Waals surface area contributed by atoms with E-state index in [0.717, 1.165) is 5.65 Å². The third-order valence-corrected chi connectivity index (χ3v) is 3.03. The van der Waals surface area contributed by atoms with Crippen molar-refractivity contribution in [3.8, 4) is 6.07 Å². The number of rotatable bonds is 2. The van der Waals surface area contributed by atoms with Crippen LogP contribution in [0.15, 0.2) is 35.4 Å². The van der Waals surface area contributed by atoms with Crippen LogP contribution in [0.25, 0.3) is 5.65 Å². The first-order valence-corrected chi connectivity index (χ1v) is 5.88. The Labute approximate surface area is 106 Å². The molecular weight excluding hydrogens is 317 g/mol.